The van der Waals surface area contributed by atoms with E-state index in [0.29, 0.717) is 23.7 Å². The molecule has 0 unspecified atom stereocenters. The summed E-state index contributed by atoms with van der Waals surface area (Å²) in [7, 11) is -3.28. The van der Waals surface area contributed by atoms with Gasteiger partial charge in [0.2, 0.25) is 15.9 Å². The number of anilines is 2. The Bertz CT molecular complexity index is 593. The molecule has 0 bridgehead atoms. The Morgan fingerprint density at radius 1 is 1.18 bits per heavy atom. The Morgan fingerprint density at radius 2 is 1.77 bits per heavy atom. The molecule has 1 aliphatic heterocycles. The van der Waals surface area contributed by atoms with Crippen LogP contribution in [-0.4, -0.2) is 33.7 Å². The van der Waals surface area contributed by atoms with Crippen LogP contribution in [0.25, 0.3) is 0 Å². The van der Waals surface area contributed by atoms with Crippen molar-refractivity contribution >= 4 is 27.3 Å². The van der Waals surface area contributed by atoms with E-state index in [0.717, 1.165) is 38.6 Å². The number of rotatable bonds is 6. The molecule has 1 heterocycles. The first kappa shape index (κ1) is 16.8. The highest BCUT2D eigenvalue weighted by atomic mass is 32.2. The maximum Gasteiger partial charge on any atom is 0.229 e. The minimum Gasteiger partial charge on any atom is -0.326 e. The molecule has 2 rings (SSSR count). The van der Waals surface area contributed by atoms with Gasteiger partial charge in [-0.05, 0) is 62.5 Å². The maximum absolute atomic E-state index is 11.9. The Labute approximate surface area is 131 Å². The van der Waals surface area contributed by atoms with Crippen molar-refractivity contribution in [3.63, 3.8) is 0 Å². The number of hydrogen-bond acceptors (Lipinski definition) is 4. The van der Waals surface area contributed by atoms with E-state index in [-0.39, 0.29) is 5.91 Å². The molecule has 0 saturated carbocycles. The molecular weight excluding hydrogens is 302 g/mol. The van der Waals surface area contributed by atoms with Crippen molar-refractivity contribution in [2.24, 2.45) is 5.92 Å². The molecule has 1 amide bonds. The van der Waals surface area contributed by atoms with E-state index in [4.69, 9.17) is 0 Å². The third kappa shape index (κ3) is 6.03. The molecule has 1 saturated heterocycles. The van der Waals surface area contributed by atoms with Gasteiger partial charge in [0, 0.05) is 17.8 Å². The normalized spacial score (nSPS) is 16.2. The summed E-state index contributed by atoms with van der Waals surface area (Å²) in [5, 5.41) is 6.15. The van der Waals surface area contributed by atoms with Crippen LogP contribution in [-0.2, 0) is 14.8 Å². The molecule has 0 radical (unpaired) electrons. The molecular formula is C15H23N3O3S. The van der Waals surface area contributed by atoms with Gasteiger partial charge in [-0.3, -0.25) is 9.52 Å². The SMILES string of the molecule is CS(=O)(=O)Nc1ccc(NC(=O)CCC2CCNCC2)cc1. The molecule has 0 spiro atoms. The zero-order chi connectivity index (χ0) is 16.0. The van der Waals surface area contributed by atoms with Crippen molar-refractivity contribution in [1.29, 1.82) is 0 Å². The van der Waals surface area contributed by atoms with Gasteiger partial charge in [-0.1, -0.05) is 0 Å². The predicted octanol–water partition coefficient (Wildman–Crippen LogP) is 1.78. The Morgan fingerprint density at radius 3 is 2.36 bits per heavy atom. The van der Waals surface area contributed by atoms with Gasteiger partial charge in [0.05, 0.1) is 6.26 Å². The molecule has 0 aliphatic carbocycles. The zero-order valence-corrected chi connectivity index (χ0v) is 13.6. The van der Waals surface area contributed by atoms with Crippen LogP contribution in [0.5, 0.6) is 0 Å². The summed E-state index contributed by atoms with van der Waals surface area (Å²) in [6.07, 6.45) is 4.82. The van der Waals surface area contributed by atoms with Crippen molar-refractivity contribution in [3.05, 3.63) is 24.3 Å². The number of hydrogen-bond donors (Lipinski definition) is 3. The van der Waals surface area contributed by atoms with Crippen molar-refractivity contribution in [2.75, 3.05) is 29.4 Å². The fraction of sp³-hybridized carbons (Fsp3) is 0.533. The fourth-order valence-corrected chi connectivity index (χ4v) is 3.13. The molecule has 122 valence electrons. The average Bonchev–Trinajstić information content (AvgIpc) is 2.47. The average molecular weight is 325 g/mol. The molecule has 1 aromatic rings. The van der Waals surface area contributed by atoms with Gasteiger partial charge in [0.25, 0.3) is 0 Å². The summed E-state index contributed by atoms with van der Waals surface area (Å²) < 4.78 is 24.6. The molecule has 1 aliphatic rings. The second-order valence-electron chi connectivity index (χ2n) is 5.73. The summed E-state index contributed by atoms with van der Waals surface area (Å²) in [6, 6.07) is 6.64. The van der Waals surface area contributed by atoms with Crippen LogP contribution in [0.3, 0.4) is 0 Å². The molecule has 1 aromatic carbocycles. The van der Waals surface area contributed by atoms with Crippen LogP contribution in [0.15, 0.2) is 24.3 Å². The highest BCUT2D eigenvalue weighted by Crippen LogP contribution is 2.19. The Kier molecular flexibility index (Phi) is 5.79. The molecule has 7 heteroatoms. The van der Waals surface area contributed by atoms with Crippen molar-refractivity contribution < 1.29 is 13.2 Å². The van der Waals surface area contributed by atoms with Crippen LogP contribution in [0.2, 0.25) is 0 Å². The van der Waals surface area contributed by atoms with E-state index in [1.807, 2.05) is 0 Å². The lowest BCUT2D eigenvalue weighted by molar-refractivity contribution is -0.116. The largest absolute Gasteiger partial charge is 0.326 e. The van der Waals surface area contributed by atoms with Gasteiger partial charge in [0.1, 0.15) is 0 Å². The Balaban J connectivity index is 1.78. The van der Waals surface area contributed by atoms with E-state index in [1.165, 1.54) is 0 Å². The molecule has 6 nitrogen and oxygen atoms in total. The van der Waals surface area contributed by atoms with Gasteiger partial charge in [-0.15, -0.1) is 0 Å². The number of amides is 1. The quantitative estimate of drug-likeness (QED) is 0.744. The van der Waals surface area contributed by atoms with E-state index < -0.39 is 10.0 Å². The van der Waals surface area contributed by atoms with Gasteiger partial charge >= 0.3 is 0 Å². The maximum atomic E-state index is 11.9. The van der Waals surface area contributed by atoms with Crippen molar-refractivity contribution in [1.82, 2.24) is 5.32 Å². The van der Waals surface area contributed by atoms with Gasteiger partial charge < -0.3 is 10.6 Å². The number of carbonyl (C=O) groups is 1. The van der Waals surface area contributed by atoms with Crippen LogP contribution >= 0.6 is 0 Å². The Hall–Kier alpha value is -1.60. The standard InChI is InChI=1S/C15H23N3O3S/c1-22(20,21)18-14-5-3-13(4-6-14)17-15(19)7-2-12-8-10-16-11-9-12/h3-6,12,16,18H,2,7-11H2,1H3,(H,17,19). The van der Waals surface area contributed by atoms with Crippen molar-refractivity contribution in [2.45, 2.75) is 25.7 Å². The lowest BCUT2D eigenvalue weighted by Gasteiger charge is -2.22. The summed E-state index contributed by atoms with van der Waals surface area (Å²) >= 11 is 0. The van der Waals surface area contributed by atoms with Crippen LogP contribution < -0.4 is 15.4 Å². The highest BCUT2D eigenvalue weighted by Gasteiger charge is 2.14. The van der Waals surface area contributed by atoms with E-state index >= 15 is 0 Å². The minimum absolute atomic E-state index is 0.00218. The van der Waals surface area contributed by atoms with Crippen LogP contribution in [0.4, 0.5) is 11.4 Å². The highest BCUT2D eigenvalue weighted by molar-refractivity contribution is 7.92. The summed E-state index contributed by atoms with van der Waals surface area (Å²) in [5.41, 5.74) is 1.16. The van der Waals surface area contributed by atoms with Gasteiger partial charge in [-0.25, -0.2) is 8.42 Å². The van der Waals surface area contributed by atoms with E-state index in [2.05, 4.69) is 15.4 Å². The lowest BCUT2D eigenvalue weighted by Crippen LogP contribution is -2.28. The molecule has 22 heavy (non-hydrogen) atoms. The smallest absolute Gasteiger partial charge is 0.229 e. The predicted molar refractivity (Wildman–Crippen MR) is 88.4 cm³/mol. The third-order valence-electron chi connectivity index (χ3n) is 3.71. The van der Waals surface area contributed by atoms with Crippen LogP contribution in [0.1, 0.15) is 25.7 Å². The first-order valence-corrected chi connectivity index (χ1v) is 9.40. The number of nitrogens with one attached hydrogen (secondary N) is 3. The monoisotopic (exact) mass is 325 g/mol. The number of piperidine rings is 1. The minimum atomic E-state index is -3.28. The first-order valence-electron chi connectivity index (χ1n) is 7.51. The van der Waals surface area contributed by atoms with Crippen LogP contribution in [0, 0.1) is 5.92 Å². The number of carbonyl (C=O) groups excluding carboxylic acids is 1. The topological polar surface area (TPSA) is 87.3 Å². The van der Waals surface area contributed by atoms with Gasteiger partial charge in [0.15, 0.2) is 0 Å². The zero-order valence-electron chi connectivity index (χ0n) is 12.8. The second-order valence-corrected chi connectivity index (χ2v) is 7.48. The summed E-state index contributed by atoms with van der Waals surface area (Å²) in [6.45, 7) is 2.09. The fourth-order valence-electron chi connectivity index (χ4n) is 2.56. The van der Waals surface area contributed by atoms with Crippen molar-refractivity contribution in [3.8, 4) is 0 Å². The molecule has 0 atom stereocenters. The summed E-state index contributed by atoms with van der Waals surface area (Å²) in [4.78, 5) is 11.9. The summed E-state index contributed by atoms with van der Waals surface area (Å²) in [5.74, 6) is 0.635. The first-order chi connectivity index (χ1) is 10.4. The van der Waals surface area contributed by atoms with E-state index in [9.17, 15) is 13.2 Å². The van der Waals surface area contributed by atoms with Gasteiger partial charge in [-0.2, -0.15) is 0 Å². The number of sulfonamides is 1. The van der Waals surface area contributed by atoms with E-state index in [1.54, 1.807) is 24.3 Å². The molecule has 0 aromatic heterocycles. The lowest BCUT2D eigenvalue weighted by atomic mass is 9.93. The molecule has 3 N–H and O–H groups in total. The molecule has 1 fully saturated rings. The third-order valence-corrected chi connectivity index (χ3v) is 4.32. The second kappa shape index (κ2) is 7.60. The number of benzene rings is 1.